The van der Waals surface area contributed by atoms with E-state index in [1.165, 1.54) is 199 Å². The molecule has 0 aliphatic heterocycles. The Hall–Kier alpha value is -1.66. The summed E-state index contributed by atoms with van der Waals surface area (Å²) in [6.45, 7) is 6.48. The number of unbranched alkanes of at least 4 members (excludes halogenated alkanes) is 35. The fourth-order valence-electron chi connectivity index (χ4n) is 8.76. The third kappa shape index (κ3) is 46.7. The molecular weight excluding hydrogens is 779 g/mol. The Morgan fingerprint density at radius 3 is 1.24 bits per heavy atom. The van der Waals surface area contributed by atoms with Gasteiger partial charge in [-0.25, -0.2) is 0 Å². The van der Waals surface area contributed by atoms with Gasteiger partial charge in [0.2, 0.25) is 5.91 Å². The van der Waals surface area contributed by atoms with E-state index in [2.05, 4.69) is 50.4 Å². The molecule has 0 aliphatic rings. The minimum absolute atomic E-state index is 0.0798. The number of esters is 1. The smallest absolute Gasteiger partial charge is 0.306 e. The number of aliphatic hydroxyl groups is 2. The van der Waals surface area contributed by atoms with E-state index in [-0.39, 0.29) is 24.9 Å². The molecule has 0 saturated carbocycles. The zero-order valence-corrected chi connectivity index (χ0v) is 42.5. The third-order valence-corrected chi connectivity index (χ3v) is 13.0. The Morgan fingerprint density at radius 1 is 0.460 bits per heavy atom. The molecule has 1 amide bonds. The normalized spacial score (nSPS) is 13.3. The molecule has 0 saturated heterocycles. The number of ether oxygens (including phenoxy) is 1. The van der Waals surface area contributed by atoms with E-state index >= 15 is 0 Å². The van der Waals surface area contributed by atoms with Crippen LogP contribution >= 0.6 is 0 Å². The van der Waals surface area contributed by atoms with Crippen molar-refractivity contribution >= 4 is 11.9 Å². The van der Waals surface area contributed by atoms with E-state index in [0.29, 0.717) is 19.3 Å². The van der Waals surface area contributed by atoms with Gasteiger partial charge in [0.05, 0.1) is 25.2 Å². The molecule has 0 aromatic rings. The van der Waals surface area contributed by atoms with Crippen LogP contribution in [-0.2, 0) is 14.3 Å². The van der Waals surface area contributed by atoms with Gasteiger partial charge in [-0.2, -0.15) is 0 Å². The minimum Gasteiger partial charge on any atom is -0.462 e. The predicted molar refractivity (Wildman–Crippen MR) is 273 cm³/mol. The summed E-state index contributed by atoms with van der Waals surface area (Å²) >= 11 is 0. The van der Waals surface area contributed by atoms with E-state index in [1.807, 2.05) is 0 Å². The summed E-state index contributed by atoms with van der Waals surface area (Å²) in [7, 11) is 0. The van der Waals surface area contributed by atoms with Crippen molar-refractivity contribution in [2.75, 3.05) is 6.61 Å². The van der Waals surface area contributed by atoms with Crippen LogP contribution in [0.15, 0.2) is 24.3 Å². The van der Waals surface area contributed by atoms with Crippen LogP contribution in [0.5, 0.6) is 0 Å². The number of hydrogen-bond acceptors (Lipinski definition) is 5. The molecule has 0 aromatic carbocycles. The highest BCUT2D eigenvalue weighted by Crippen LogP contribution is 2.19. The topological polar surface area (TPSA) is 95.9 Å². The predicted octanol–water partition coefficient (Wildman–Crippen LogP) is 17.1. The monoisotopic (exact) mass is 888 g/mol. The first-order valence-electron chi connectivity index (χ1n) is 28.1. The summed E-state index contributed by atoms with van der Waals surface area (Å²) in [5, 5.41) is 23.8. The Kier molecular flexibility index (Phi) is 50.0. The maximum absolute atomic E-state index is 13.2. The lowest BCUT2D eigenvalue weighted by Crippen LogP contribution is -2.46. The summed E-state index contributed by atoms with van der Waals surface area (Å²) in [4.78, 5) is 26.2. The van der Waals surface area contributed by atoms with Gasteiger partial charge in [0.15, 0.2) is 0 Å². The summed E-state index contributed by atoms with van der Waals surface area (Å²) in [6.07, 6.45) is 59.6. The van der Waals surface area contributed by atoms with Crippen molar-refractivity contribution < 1.29 is 24.5 Å². The number of carbonyl (C=O) groups is 2. The fourth-order valence-corrected chi connectivity index (χ4v) is 8.76. The van der Waals surface area contributed by atoms with Crippen molar-refractivity contribution in [1.29, 1.82) is 0 Å². The summed E-state index contributed by atoms with van der Waals surface area (Å²) in [5.74, 6) is -0.467. The summed E-state index contributed by atoms with van der Waals surface area (Å²) in [5.41, 5.74) is 0. The lowest BCUT2D eigenvalue weighted by molar-refractivity contribution is -0.151. The lowest BCUT2D eigenvalue weighted by Gasteiger charge is -2.24. The standard InChI is InChI=1S/C57H109NO5/c1-4-7-10-13-16-19-22-24-26-28-30-32-34-37-40-43-46-49-55(60)54(52-59)58-56(61)51-53(48-45-42-39-36-21-18-15-12-9-6-3)63-57(62)50-47-44-41-38-35-33-31-29-27-25-23-20-17-14-11-8-5-2/h17,20,25,27,53-55,59-60H,4-16,18-19,21-24,26,28-52H2,1-3H3,(H,58,61)/b20-17-,27-25-. The number of allylic oxidation sites excluding steroid dienone is 4. The van der Waals surface area contributed by atoms with Crippen LogP contribution in [0.25, 0.3) is 0 Å². The van der Waals surface area contributed by atoms with Crippen molar-refractivity contribution in [2.45, 2.75) is 322 Å². The van der Waals surface area contributed by atoms with Gasteiger partial charge in [-0.3, -0.25) is 9.59 Å². The molecule has 0 rings (SSSR count). The number of amides is 1. The molecule has 372 valence electrons. The van der Waals surface area contributed by atoms with Gasteiger partial charge in [0.25, 0.3) is 0 Å². The van der Waals surface area contributed by atoms with Crippen LogP contribution in [0.4, 0.5) is 0 Å². The first-order chi connectivity index (χ1) is 31.0. The van der Waals surface area contributed by atoms with Crippen molar-refractivity contribution in [3.8, 4) is 0 Å². The maximum Gasteiger partial charge on any atom is 0.306 e. The Balaban J connectivity index is 4.41. The highest BCUT2D eigenvalue weighted by Gasteiger charge is 2.24. The molecule has 0 aromatic heterocycles. The number of rotatable bonds is 51. The molecule has 0 aliphatic carbocycles. The average molecular weight is 889 g/mol. The molecule has 63 heavy (non-hydrogen) atoms. The highest BCUT2D eigenvalue weighted by atomic mass is 16.5. The maximum atomic E-state index is 13.2. The second-order valence-electron chi connectivity index (χ2n) is 19.3. The molecule has 0 heterocycles. The van der Waals surface area contributed by atoms with E-state index in [4.69, 9.17) is 4.74 Å². The number of aliphatic hydroxyl groups excluding tert-OH is 2. The van der Waals surface area contributed by atoms with Gasteiger partial charge in [0.1, 0.15) is 6.10 Å². The molecule has 0 spiro atoms. The van der Waals surface area contributed by atoms with Gasteiger partial charge in [-0.1, -0.05) is 257 Å². The number of hydrogen-bond donors (Lipinski definition) is 3. The molecule has 0 radical (unpaired) electrons. The lowest BCUT2D eigenvalue weighted by atomic mass is 10.0. The van der Waals surface area contributed by atoms with Gasteiger partial charge < -0.3 is 20.3 Å². The molecule has 3 unspecified atom stereocenters. The number of nitrogens with one attached hydrogen (secondary N) is 1. The van der Waals surface area contributed by atoms with Gasteiger partial charge in [-0.15, -0.1) is 0 Å². The van der Waals surface area contributed by atoms with Crippen molar-refractivity contribution in [3.63, 3.8) is 0 Å². The summed E-state index contributed by atoms with van der Waals surface area (Å²) in [6, 6.07) is -0.698. The third-order valence-electron chi connectivity index (χ3n) is 13.0. The van der Waals surface area contributed by atoms with Crippen molar-refractivity contribution in [3.05, 3.63) is 24.3 Å². The fraction of sp³-hybridized carbons (Fsp3) is 0.895. The van der Waals surface area contributed by atoms with E-state index in [0.717, 1.165) is 57.8 Å². The van der Waals surface area contributed by atoms with Crippen molar-refractivity contribution in [2.24, 2.45) is 0 Å². The SMILES string of the molecule is CCCCC/C=C\C/C=C\CCCCCCCCCC(=O)OC(CCCCCCCCCCCC)CC(=O)NC(CO)C(O)CCCCCCCCCCCCCCCCCCC. The Morgan fingerprint density at radius 2 is 0.810 bits per heavy atom. The molecule has 0 bridgehead atoms. The van der Waals surface area contributed by atoms with Gasteiger partial charge in [-0.05, 0) is 57.8 Å². The van der Waals surface area contributed by atoms with Crippen LogP contribution < -0.4 is 5.32 Å². The first kappa shape index (κ1) is 61.3. The molecule has 6 nitrogen and oxygen atoms in total. The Bertz CT molecular complexity index is 997. The van der Waals surface area contributed by atoms with Crippen LogP contribution in [0.1, 0.15) is 303 Å². The summed E-state index contributed by atoms with van der Waals surface area (Å²) < 4.78 is 5.94. The molecule has 6 heteroatoms. The first-order valence-corrected chi connectivity index (χ1v) is 28.1. The van der Waals surface area contributed by atoms with E-state index in [9.17, 15) is 19.8 Å². The Labute approximate surface area is 392 Å². The van der Waals surface area contributed by atoms with Crippen molar-refractivity contribution in [1.82, 2.24) is 5.32 Å². The average Bonchev–Trinajstić information content (AvgIpc) is 3.28. The molecule has 3 atom stereocenters. The second kappa shape index (κ2) is 51.3. The minimum atomic E-state index is -0.785. The van der Waals surface area contributed by atoms with Crippen LogP contribution in [-0.4, -0.2) is 46.9 Å². The van der Waals surface area contributed by atoms with Crippen LogP contribution in [0, 0.1) is 0 Å². The quantitative estimate of drug-likeness (QED) is 0.0321. The van der Waals surface area contributed by atoms with E-state index < -0.39 is 18.2 Å². The second-order valence-corrected chi connectivity index (χ2v) is 19.3. The van der Waals surface area contributed by atoms with Gasteiger partial charge in [0, 0.05) is 6.42 Å². The zero-order chi connectivity index (χ0) is 45.9. The zero-order valence-electron chi connectivity index (χ0n) is 42.5. The largest absolute Gasteiger partial charge is 0.462 e. The molecular formula is C57H109NO5. The highest BCUT2D eigenvalue weighted by molar-refractivity contribution is 5.77. The van der Waals surface area contributed by atoms with E-state index in [1.54, 1.807) is 0 Å². The molecule has 0 fully saturated rings. The molecule has 3 N–H and O–H groups in total. The van der Waals surface area contributed by atoms with Crippen LogP contribution in [0.3, 0.4) is 0 Å². The van der Waals surface area contributed by atoms with Crippen LogP contribution in [0.2, 0.25) is 0 Å². The van der Waals surface area contributed by atoms with Gasteiger partial charge >= 0.3 is 5.97 Å². The number of carbonyl (C=O) groups excluding carboxylic acids is 2.